The predicted molar refractivity (Wildman–Crippen MR) is 101 cm³/mol. The molecule has 3 aromatic rings. The van der Waals surface area contributed by atoms with Gasteiger partial charge in [0.05, 0.1) is 36.9 Å². The second-order valence-corrected chi connectivity index (χ2v) is 5.84. The second kappa shape index (κ2) is 8.31. The van der Waals surface area contributed by atoms with Crippen LogP contribution in [0.15, 0.2) is 60.9 Å². The van der Waals surface area contributed by atoms with Crippen LogP contribution in [0.3, 0.4) is 0 Å². The van der Waals surface area contributed by atoms with Gasteiger partial charge in [0, 0.05) is 11.2 Å². The highest BCUT2D eigenvalue weighted by atomic mass is 35.5. The number of carbonyl (C=O) groups is 1. The minimum absolute atomic E-state index is 0.262. The van der Waals surface area contributed by atoms with Crippen molar-refractivity contribution in [1.29, 1.82) is 0 Å². The molecule has 6 nitrogen and oxygen atoms in total. The van der Waals surface area contributed by atoms with Crippen molar-refractivity contribution in [2.75, 3.05) is 12.4 Å². The van der Waals surface area contributed by atoms with Crippen LogP contribution in [-0.2, 0) is 6.54 Å². The van der Waals surface area contributed by atoms with Crippen LogP contribution < -0.4 is 15.4 Å². The molecule has 26 heavy (non-hydrogen) atoms. The highest BCUT2D eigenvalue weighted by Crippen LogP contribution is 2.30. The van der Waals surface area contributed by atoms with E-state index in [4.69, 9.17) is 16.3 Å². The SMILES string of the molecule is COc1ccc(Cl)cc1Nc1ccc(C(=O)NCc2ccccn2)nc1. The first-order chi connectivity index (χ1) is 12.7. The zero-order valence-electron chi connectivity index (χ0n) is 14.1. The van der Waals surface area contributed by atoms with Crippen LogP contribution in [0.25, 0.3) is 0 Å². The van der Waals surface area contributed by atoms with Crippen molar-refractivity contribution in [3.63, 3.8) is 0 Å². The van der Waals surface area contributed by atoms with Gasteiger partial charge in [-0.1, -0.05) is 17.7 Å². The van der Waals surface area contributed by atoms with E-state index in [-0.39, 0.29) is 5.91 Å². The van der Waals surface area contributed by atoms with E-state index in [1.807, 2.05) is 18.2 Å². The van der Waals surface area contributed by atoms with Crippen molar-refractivity contribution >= 4 is 28.9 Å². The van der Waals surface area contributed by atoms with Crippen molar-refractivity contribution in [1.82, 2.24) is 15.3 Å². The lowest BCUT2D eigenvalue weighted by Crippen LogP contribution is -2.24. The number of carbonyl (C=O) groups excluding carboxylic acids is 1. The molecule has 132 valence electrons. The Bertz CT molecular complexity index is 886. The summed E-state index contributed by atoms with van der Waals surface area (Å²) in [5, 5.41) is 6.55. The number of anilines is 2. The molecule has 1 amide bonds. The molecule has 0 radical (unpaired) electrons. The van der Waals surface area contributed by atoms with E-state index in [1.54, 1.807) is 49.8 Å². The molecule has 2 N–H and O–H groups in total. The summed E-state index contributed by atoms with van der Waals surface area (Å²) in [4.78, 5) is 20.5. The fraction of sp³-hybridized carbons (Fsp3) is 0.105. The van der Waals surface area contributed by atoms with Crippen molar-refractivity contribution in [3.05, 3.63) is 77.3 Å². The monoisotopic (exact) mass is 368 g/mol. The number of amides is 1. The number of halogens is 1. The lowest BCUT2D eigenvalue weighted by atomic mass is 10.2. The zero-order valence-corrected chi connectivity index (χ0v) is 14.8. The third kappa shape index (κ3) is 4.49. The van der Waals surface area contributed by atoms with Gasteiger partial charge in [-0.05, 0) is 42.5 Å². The Hall–Kier alpha value is -3.12. The number of methoxy groups -OCH3 is 1. The molecule has 3 rings (SSSR count). The lowest BCUT2D eigenvalue weighted by Gasteiger charge is -2.11. The Morgan fingerprint density at radius 3 is 2.73 bits per heavy atom. The van der Waals surface area contributed by atoms with Gasteiger partial charge in [0.25, 0.3) is 5.91 Å². The first-order valence-electron chi connectivity index (χ1n) is 7.90. The molecule has 7 heteroatoms. The molecule has 2 heterocycles. The van der Waals surface area contributed by atoms with Crippen molar-refractivity contribution in [3.8, 4) is 5.75 Å². The number of aromatic nitrogens is 2. The minimum atomic E-state index is -0.262. The van der Waals surface area contributed by atoms with Crippen molar-refractivity contribution < 1.29 is 9.53 Å². The van der Waals surface area contributed by atoms with Gasteiger partial charge < -0.3 is 15.4 Å². The molecule has 0 aliphatic carbocycles. The Kier molecular flexibility index (Phi) is 5.66. The summed E-state index contributed by atoms with van der Waals surface area (Å²) < 4.78 is 5.30. The van der Waals surface area contributed by atoms with Gasteiger partial charge in [0.15, 0.2) is 0 Å². The van der Waals surface area contributed by atoms with Crippen LogP contribution in [0.5, 0.6) is 5.75 Å². The van der Waals surface area contributed by atoms with E-state index in [2.05, 4.69) is 20.6 Å². The Labute approximate surface area is 156 Å². The maximum Gasteiger partial charge on any atom is 0.270 e. The molecule has 0 aliphatic rings. The molecule has 1 aromatic carbocycles. The van der Waals surface area contributed by atoms with Gasteiger partial charge in [0.2, 0.25) is 0 Å². The topological polar surface area (TPSA) is 76.1 Å². The highest BCUT2D eigenvalue weighted by Gasteiger charge is 2.09. The van der Waals surface area contributed by atoms with E-state index in [1.165, 1.54) is 0 Å². The minimum Gasteiger partial charge on any atom is -0.495 e. The molecule has 0 atom stereocenters. The largest absolute Gasteiger partial charge is 0.495 e. The van der Waals surface area contributed by atoms with Gasteiger partial charge in [-0.25, -0.2) is 4.98 Å². The molecule has 0 bridgehead atoms. The normalized spacial score (nSPS) is 10.2. The standard InChI is InChI=1S/C19H17ClN4O2/c1-26-18-8-5-13(20)10-17(18)24-15-6-7-16(22-12-15)19(25)23-11-14-4-2-3-9-21-14/h2-10,12,24H,11H2,1H3,(H,23,25). The smallest absolute Gasteiger partial charge is 0.270 e. The number of nitrogens with one attached hydrogen (secondary N) is 2. The van der Waals surface area contributed by atoms with E-state index in [0.717, 1.165) is 5.69 Å². The summed E-state index contributed by atoms with van der Waals surface area (Å²) in [6.07, 6.45) is 3.26. The van der Waals surface area contributed by atoms with Crippen molar-refractivity contribution in [2.45, 2.75) is 6.54 Å². The Morgan fingerprint density at radius 2 is 2.04 bits per heavy atom. The van der Waals surface area contributed by atoms with E-state index in [0.29, 0.717) is 34.4 Å². The zero-order chi connectivity index (χ0) is 18.4. The molecule has 0 fully saturated rings. The number of rotatable bonds is 6. The van der Waals surface area contributed by atoms with E-state index < -0.39 is 0 Å². The van der Waals surface area contributed by atoms with Gasteiger partial charge in [-0.15, -0.1) is 0 Å². The number of nitrogens with zero attached hydrogens (tertiary/aromatic N) is 2. The van der Waals surface area contributed by atoms with Crippen LogP contribution in [0.4, 0.5) is 11.4 Å². The number of hydrogen-bond acceptors (Lipinski definition) is 5. The number of pyridine rings is 2. The molecule has 0 aliphatic heterocycles. The highest BCUT2D eigenvalue weighted by molar-refractivity contribution is 6.31. The maximum atomic E-state index is 12.2. The Morgan fingerprint density at radius 1 is 1.15 bits per heavy atom. The van der Waals surface area contributed by atoms with Crippen molar-refractivity contribution in [2.24, 2.45) is 0 Å². The van der Waals surface area contributed by atoms with Gasteiger partial charge >= 0.3 is 0 Å². The third-order valence-electron chi connectivity index (χ3n) is 3.59. The van der Waals surface area contributed by atoms with Gasteiger partial charge in [-0.2, -0.15) is 0 Å². The summed E-state index contributed by atoms with van der Waals surface area (Å²) in [6.45, 7) is 0.348. The number of ether oxygens (including phenoxy) is 1. The van der Waals surface area contributed by atoms with Crippen LogP contribution in [0.1, 0.15) is 16.2 Å². The second-order valence-electron chi connectivity index (χ2n) is 5.41. The summed E-state index contributed by atoms with van der Waals surface area (Å²) in [5.41, 5.74) is 2.54. The van der Waals surface area contributed by atoms with Gasteiger partial charge in [0.1, 0.15) is 11.4 Å². The molecule has 0 saturated heterocycles. The first-order valence-corrected chi connectivity index (χ1v) is 8.28. The van der Waals surface area contributed by atoms with Crippen LogP contribution >= 0.6 is 11.6 Å². The first kappa shape index (κ1) is 17.7. The van der Waals surface area contributed by atoms with Crippen LogP contribution in [0, 0.1) is 0 Å². The average Bonchev–Trinajstić information content (AvgIpc) is 2.68. The molecule has 2 aromatic heterocycles. The molecular formula is C19H17ClN4O2. The number of hydrogen-bond donors (Lipinski definition) is 2. The molecule has 0 unspecified atom stereocenters. The fourth-order valence-corrected chi connectivity index (χ4v) is 2.47. The number of benzene rings is 1. The van der Waals surface area contributed by atoms with E-state index in [9.17, 15) is 4.79 Å². The van der Waals surface area contributed by atoms with Crippen LogP contribution in [0.2, 0.25) is 5.02 Å². The predicted octanol–water partition coefficient (Wildman–Crippen LogP) is 3.81. The summed E-state index contributed by atoms with van der Waals surface area (Å²) in [6, 6.07) is 14.2. The molecular weight excluding hydrogens is 352 g/mol. The van der Waals surface area contributed by atoms with Gasteiger partial charge in [-0.3, -0.25) is 9.78 Å². The average molecular weight is 369 g/mol. The fourth-order valence-electron chi connectivity index (χ4n) is 2.30. The maximum absolute atomic E-state index is 12.2. The van der Waals surface area contributed by atoms with Crippen LogP contribution in [-0.4, -0.2) is 23.0 Å². The quantitative estimate of drug-likeness (QED) is 0.691. The summed E-state index contributed by atoms with van der Waals surface area (Å²) in [5.74, 6) is 0.397. The lowest BCUT2D eigenvalue weighted by molar-refractivity contribution is 0.0945. The molecule has 0 spiro atoms. The third-order valence-corrected chi connectivity index (χ3v) is 3.83. The van der Waals surface area contributed by atoms with E-state index >= 15 is 0 Å². The summed E-state index contributed by atoms with van der Waals surface area (Å²) >= 11 is 6.02. The molecule has 0 saturated carbocycles. The Balaban J connectivity index is 1.65. The summed E-state index contributed by atoms with van der Waals surface area (Å²) in [7, 11) is 1.59.